The van der Waals surface area contributed by atoms with Crippen LogP contribution in [0.4, 0.5) is 4.39 Å². The smallest absolute Gasteiger partial charge is 0.141 e. The van der Waals surface area contributed by atoms with Crippen LogP contribution in [0.2, 0.25) is 0 Å². The second-order valence-corrected chi connectivity index (χ2v) is 5.05. The van der Waals surface area contributed by atoms with Crippen molar-refractivity contribution >= 4 is 0 Å². The Kier molecular flexibility index (Phi) is 2.95. The minimum absolute atomic E-state index is 0.0152. The lowest BCUT2D eigenvalue weighted by atomic mass is 10.0. The van der Waals surface area contributed by atoms with Gasteiger partial charge in [-0.25, -0.2) is 4.39 Å². The van der Waals surface area contributed by atoms with E-state index in [1.165, 1.54) is 12.3 Å². The van der Waals surface area contributed by atoms with Gasteiger partial charge in [0.15, 0.2) is 0 Å². The van der Waals surface area contributed by atoms with E-state index in [2.05, 4.69) is 24.1 Å². The van der Waals surface area contributed by atoms with E-state index < -0.39 is 11.9 Å². The molecule has 2 N–H and O–H groups in total. The Morgan fingerprint density at radius 1 is 1.56 bits per heavy atom. The molecule has 0 aromatic carbocycles. The molecule has 0 saturated carbocycles. The average molecular weight is 224 g/mol. The molecule has 1 aliphatic heterocycles. The van der Waals surface area contributed by atoms with Gasteiger partial charge in [-0.05, 0) is 32.8 Å². The molecular weight excluding hydrogens is 207 g/mol. The first kappa shape index (κ1) is 11.5. The lowest BCUT2D eigenvalue weighted by Gasteiger charge is -2.23. The largest absolute Gasteiger partial charge is 0.387 e. The van der Waals surface area contributed by atoms with Gasteiger partial charge in [0.2, 0.25) is 0 Å². The molecule has 1 aromatic heterocycles. The fraction of sp³-hybridized carbons (Fsp3) is 0.583. The van der Waals surface area contributed by atoms with E-state index in [1.54, 1.807) is 0 Å². The van der Waals surface area contributed by atoms with Crippen LogP contribution in [0.15, 0.2) is 18.5 Å². The van der Waals surface area contributed by atoms with Gasteiger partial charge in [-0.2, -0.15) is 0 Å². The molecule has 1 saturated heterocycles. The minimum Gasteiger partial charge on any atom is -0.387 e. The van der Waals surface area contributed by atoms with Crippen molar-refractivity contribution < 1.29 is 9.50 Å². The second kappa shape index (κ2) is 4.11. The third-order valence-corrected chi connectivity index (χ3v) is 3.11. The molecule has 4 heteroatoms. The number of nitrogens with zero attached hydrogens (tertiary/aromatic N) is 1. The van der Waals surface area contributed by atoms with Gasteiger partial charge in [0, 0.05) is 23.3 Å². The van der Waals surface area contributed by atoms with Crippen molar-refractivity contribution in [2.24, 2.45) is 0 Å². The van der Waals surface area contributed by atoms with Crippen molar-refractivity contribution in [3.8, 4) is 0 Å². The molecule has 3 nitrogen and oxygen atoms in total. The third kappa shape index (κ3) is 2.39. The SMILES string of the molecule is CC1(C)CCC([C@H](O)c2cncc(F)c2)N1. The van der Waals surface area contributed by atoms with E-state index in [9.17, 15) is 9.50 Å². The Hall–Kier alpha value is -1.00. The van der Waals surface area contributed by atoms with E-state index in [4.69, 9.17) is 0 Å². The molecule has 2 rings (SSSR count). The summed E-state index contributed by atoms with van der Waals surface area (Å²) in [7, 11) is 0. The first-order chi connectivity index (χ1) is 7.48. The Labute approximate surface area is 94.7 Å². The van der Waals surface area contributed by atoms with Gasteiger partial charge in [0.25, 0.3) is 0 Å². The normalized spacial score (nSPS) is 25.6. The summed E-state index contributed by atoms with van der Waals surface area (Å²) in [6.45, 7) is 4.20. The van der Waals surface area contributed by atoms with Gasteiger partial charge in [-0.3, -0.25) is 4.98 Å². The predicted molar refractivity (Wildman–Crippen MR) is 59.4 cm³/mol. The van der Waals surface area contributed by atoms with Crippen LogP contribution in [0.1, 0.15) is 38.4 Å². The van der Waals surface area contributed by atoms with E-state index >= 15 is 0 Å². The monoisotopic (exact) mass is 224 g/mol. The lowest BCUT2D eigenvalue weighted by molar-refractivity contribution is 0.131. The zero-order chi connectivity index (χ0) is 11.8. The molecule has 88 valence electrons. The zero-order valence-corrected chi connectivity index (χ0v) is 9.57. The Bertz CT molecular complexity index is 381. The number of halogens is 1. The van der Waals surface area contributed by atoms with E-state index in [0.29, 0.717) is 5.56 Å². The Morgan fingerprint density at radius 3 is 2.88 bits per heavy atom. The number of rotatable bonds is 2. The Morgan fingerprint density at radius 2 is 2.31 bits per heavy atom. The summed E-state index contributed by atoms with van der Waals surface area (Å²) in [4.78, 5) is 3.75. The topological polar surface area (TPSA) is 45.2 Å². The maximum Gasteiger partial charge on any atom is 0.141 e. The van der Waals surface area contributed by atoms with Crippen molar-refractivity contribution in [2.75, 3.05) is 0 Å². The van der Waals surface area contributed by atoms with Crippen LogP contribution in [-0.2, 0) is 0 Å². The maximum atomic E-state index is 13.0. The van der Waals surface area contributed by atoms with Crippen molar-refractivity contribution in [2.45, 2.75) is 44.4 Å². The highest BCUT2D eigenvalue weighted by molar-refractivity contribution is 5.16. The van der Waals surface area contributed by atoms with Crippen LogP contribution >= 0.6 is 0 Å². The molecule has 0 bridgehead atoms. The summed E-state index contributed by atoms with van der Waals surface area (Å²) >= 11 is 0. The van der Waals surface area contributed by atoms with E-state index in [-0.39, 0.29) is 11.6 Å². The second-order valence-electron chi connectivity index (χ2n) is 5.05. The van der Waals surface area contributed by atoms with Crippen LogP contribution in [-0.4, -0.2) is 21.7 Å². The number of pyridine rings is 1. The molecular formula is C12H17FN2O. The summed E-state index contributed by atoms with van der Waals surface area (Å²) in [5.41, 5.74) is 0.585. The molecule has 0 aliphatic carbocycles. The van der Waals surface area contributed by atoms with Crippen molar-refractivity contribution in [3.05, 3.63) is 29.8 Å². The van der Waals surface area contributed by atoms with Gasteiger partial charge in [0.05, 0.1) is 12.3 Å². The molecule has 1 fully saturated rings. The highest BCUT2D eigenvalue weighted by Crippen LogP contribution is 2.30. The number of nitrogens with one attached hydrogen (secondary N) is 1. The predicted octanol–water partition coefficient (Wildman–Crippen LogP) is 1.78. The van der Waals surface area contributed by atoms with Crippen LogP contribution in [0.3, 0.4) is 0 Å². The van der Waals surface area contributed by atoms with Crippen LogP contribution in [0, 0.1) is 5.82 Å². The molecule has 0 radical (unpaired) electrons. The Balaban J connectivity index is 2.11. The first-order valence-electron chi connectivity index (χ1n) is 5.54. The summed E-state index contributed by atoms with van der Waals surface area (Å²) in [6.07, 6.45) is 3.87. The highest BCUT2D eigenvalue weighted by atomic mass is 19.1. The van der Waals surface area contributed by atoms with Gasteiger partial charge in [0.1, 0.15) is 5.82 Å². The van der Waals surface area contributed by atoms with Gasteiger partial charge < -0.3 is 10.4 Å². The number of hydrogen-bond donors (Lipinski definition) is 2. The molecule has 2 heterocycles. The van der Waals surface area contributed by atoms with Gasteiger partial charge >= 0.3 is 0 Å². The molecule has 1 unspecified atom stereocenters. The zero-order valence-electron chi connectivity index (χ0n) is 9.57. The van der Waals surface area contributed by atoms with Gasteiger partial charge in [-0.15, -0.1) is 0 Å². The molecule has 2 atom stereocenters. The van der Waals surface area contributed by atoms with Crippen LogP contribution in [0.5, 0.6) is 0 Å². The van der Waals surface area contributed by atoms with E-state index in [1.807, 2.05) is 0 Å². The van der Waals surface area contributed by atoms with Crippen molar-refractivity contribution in [1.82, 2.24) is 10.3 Å². The molecule has 1 aliphatic rings. The summed E-state index contributed by atoms with van der Waals surface area (Å²) in [5.74, 6) is -0.409. The lowest BCUT2D eigenvalue weighted by Crippen LogP contribution is -2.40. The highest BCUT2D eigenvalue weighted by Gasteiger charge is 2.34. The first-order valence-corrected chi connectivity index (χ1v) is 5.54. The average Bonchev–Trinajstić information content (AvgIpc) is 2.58. The molecule has 0 spiro atoms. The van der Waals surface area contributed by atoms with Crippen LogP contribution < -0.4 is 5.32 Å². The third-order valence-electron chi connectivity index (χ3n) is 3.11. The fourth-order valence-corrected chi connectivity index (χ4v) is 2.22. The maximum absolute atomic E-state index is 13.0. The van der Waals surface area contributed by atoms with E-state index in [0.717, 1.165) is 19.0 Å². The minimum atomic E-state index is -0.690. The summed E-state index contributed by atoms with van der Waals surface area (Å²) < 4.78 is 13.0. The summed E-state index contributed by atoms with van der Waals surface area (Å²) in [5, 5.41) is 13.5. The number of aromatic nitrogens is 1. The molecule has 0 amide bonds. The molecule has 16 heavy (non-hydrogen) atoms. The molecule has 1 aromatic rings. The fourth-order valence-electron chi connectivity index (χ4n) is 2.22. The van der Waals surface area contributed by atoms with Crippen LogP contribution in [0.25, 0.3) is 0 Å². The number of aliphatic hydroxyl groups is 1. The van der Waals surface area contributed by atoms with Crippen molar-refractivity contribution in [1.29, 1.82) is 0 Å². The standard InChI is InChI=1S/C12H17FN2O/c1-12(2)4-3-10(15-12)11(16)8-5-9(13)7-14-6-8/h5-7,10-11,15-16H,3-4H2,1-2H3/t10?,11-/m1/s1. The van der Waals surface area contributed by atoms with Gasteiger partial charge in [-0.1, -0.05) is 0 Å². The summed E-state index contributed by atoms with van der Waals surface area (Å²) in [6, 6.07) is 1.32. The van der Waals surface area contributed by atoms with Crippen molar-refractivity contribution in [3.63, 3.8) is 0 Å². The quantitative estimate of drug-likeness (QED) is 0.805. The number of hydrogen-bond acceptors (Lipinski definition) is 3. The number of aliphatic hydroxyl groups excluding tert-OH is 1.